The molecule has 2 aromatic rings. The Morgan fingerprint density at radius 3 is 2.19 bits per heavy atom. The highest BCUT2D eigenvalue weighted by Gasteiger charge is 2.33. The van der Waals surface area contributed by atoms with Crippen molar-refractivity contribution in [3.8, 4) is 0 Å². The topological polar surface area (TPSA) is 69.6 Å². The van der Waals surface area contributed by atoms with Crippen molar-refractivity contribution in [1.82, 2.24) is 10.2 Å². The molecule has 0 spiro atoms. The van der Waals surface area contributed by atoms with Crippen LogP contribution in [0, 0.1) is 11.7 Å². The summed E-state index contributed by atoms with van der Waals surface area (Å²) in [5, 5.41) is 13.7. The summed E-state index contributed by atoms with van der Waals surface area (Å²) in [6.45, 7) is 4.92. The summed E-state index contributed by atoms with van der Waals surface area (Å²) in [7, 11) is 0. The molecule has 7 heteroatoms. The van der Waals surface area contributed by atoms with Crippen LogP contribution in [0.25, 0.3) is 0 Å². The second-order valence-corrected chi connectivity index (χ2v) is 8.77. The zero-order chi connectivity index (χ0) is 22.5. The molecule has 1 aliphatic rings. The number of halogens is 2. The Kier molecular flexibility index (Phi) is 7.68. The number of hydrogen-bond donors (Lipinski definition) is 2. The van der Waals surface area contributed by atoms with Gasteiger partial charge in [-0.15, -0.1) is 0 Å². The number of aliphatic hydroxyl groups is 1. The van der Waals surface area contributed by atoms with E-state index in [1.54, 1.807) is 4.90 Å². The van der Waals surface area contributed by atoms with Crippen LogP contribution in [0.3, 0.4) is 0 Å². The van der Waals surface area contributed by atoms with E-state index in [4.69, 9.17) is 11.6 Å². The molecule has 0 bridgehead atoms. The van der Waals surface area contributed by atoms with Gasteiger partial charge >= 0.3 is 0 Å². The van der Waals surface area contributed by atoms with E-state index in [0.29, 0.717) is 24.0 Å². The van der Waals surface area contributed by atoms with E-state index in [-0.39, 0.29) is 17.4 Å². The standard InChI is InChI=1S/C24H28ClFN2O3/c1-15(2)21(27-23(30)22(29)18-5-9-20(26)10-6-18)24(31)28-13-11-17(12-14-28)16-3-7-19(25)8-4-16/h3-10,15,17,21-22,29H,11-14H2,1-2H3,(H,27,30)/t21-,22?/m1/s1. The van der Waals surface area contributed by atoms with E-state index < -0.39 is 23.9 Å². The van der Waals surface area contributed by atoms with Crippen LogP contribution in [-0.2, 0) is 9.59 Å². The number of carbonyl (C=O) groups is 2. The lowest BCUT2D eigenvalue weighted by Gasteiger charge is -2.35. The highest BCUT2D eigenvalue weighted by Crippen LogP contribution is 2.29. The molecule has 1 fully saturated rings. The number of nitrogens with one attached hydrogen (secondary N) is 1. The number of aliphatic hydroxyl groups excluding tert-OH is 1. The molecule has 166 valence electrons. The molecular formula is C24H28ClFN2O3. The fourth-order valence-corrected chi connectivity index (χ4v) is 4.03. The van der Waals surface area contributed by atoms with Crippen molar-refractivity contribution >= 4 is 23.4 Å². The number of likely N-dealkylation sites (tertiary alicyclic amines) is 1. The van der Waals surface area contributed by atoms with Gasteiger partial charge in [0, 0.05) is 18.1 Å². The Morgan fingerprint density at radius 1 is 1.06 bits per heavy atom. The molecule has 0 aromatic heterocycles. The van der Waals surface area contributed by atoms with Gasteiger partial charge in [0.15, 0.2) is 6.10 Å². The summed E-state index contributed by atoms with van der Waals surface area (Å²) in [6, 6.07) is 12.1. The molecule has 0 saturated carbocycles. The van der Waals surface area contributed by atoms with Gasteiger partial charge in [0.05, 0.1) is 0 Å². The number of rotatable bonds is 6. The normalized spacial score (nSPS) is 16.8. The molecule has 3 rings (SSSR count). The minimum atomic E-state index is -1.47. The predicted molar refractivity (Wildman–Crippen MR) is 118 cm³/mol. The van der Waals surface area contributed by atoms with E-state index in [2.05, 4.69) is 5.32 Å². The monoisotopic (exact) mass is 446 g/mol. The maximum Gasteiger partial charge on any atom is 0.254 e. The maximum atomic E-state index is 13.1. The minimum Gasteiger partial charge on any atom is -0.378 e. The Labute approximate surface area is 187 Å². The van der Waals surface area contributed by atoms with Crippen LogP contribution in [0.15, 0.2) is 48.5 Å². The highest BCUT2D eigenvalue weighted by atomic mass is 35.5. The molecule has 1 unspecified atom stereocenters. The van der Waals surface area contributed by atoms with Gasteiger partial charge in [-0.05, 0) is 60.1 Å². The van der Waals surface area contributed by atoms with Gasteiger partial charge in [-0.2, -0.15) is 0 Å². The van der Waals surface area contributed by atoms with Crippen molar-refractivity contribution < 1.29 is 19.1 Å². The lowest BCUT2D eigenvalue weighted by atomic mass is 9.89. The van der Waals surface area contributed by atoms with Gasteiger partial charge in [-0.1, -0.05) is 49.7 Å². The van der Waals surface area contributed by atoms with E-state index in [0.717, 1.165) is 12.8 Å². The summed E-state index contributed by atoms with van der Waals surface area (Å²) in [6.07, 6.45) is 0.208. The third-order valence-corrected chi connectivity index (χ3v) is 6.06. The second kappa shape index (κ2) is 10.2. The SMILES string of the molecule is CC(C)[C@@H](NC(=O)C(O)c1ccc(F)cc1)C(=O)N1CCC(c2ccc(Cl)cc2)CC1. The van der Waals surface area contributed by atoms with Gasteiger partial charge in [-0.3, -0.25) is 9.59 Å². The van der Waals surface area contributed by atoms with Crippen LogP contribution in [0.2, 0.25) is 5.02 Å². The van der Waals surface area contributed by atoms with Gasteiger partial charge in [-0.25, -0.2) is 4.39 Å². The molecule has 0 radical (unpaired) electrons. The summed E-state index contributed by atoms with van der Waals surface area (Å²) in [5.74, 6) is -1.05. The zero-order valence-electron chi connectivity index (χ0n) is 17.7. The van der Waals surface area contributed by atoms with Crippen molar-refractivity contribution in [3.05, 3.63) is 70.5 Å². The Hall–Kier alpha value is -2.44. The first kappa shape index (κ1) is 23.2. The number of piperidine rings is 1. The Bertz CT molecular complexity index is 894. The fourth-order valence-electron chi connectivity index (χ4n) is 3.91. The smallest absolute Gasteiger partial charge is 0.254 e. The number of nitrogens with zero attached hydrogens (tertiary/aromatic N) is 1. The summed E-state index contributed by atoms with van der Waals surface area (Å²) < 4.78 is 13.1. The maximum absolute atomic E-state index is 13.1. The summed E-state index contributed by atoms with van der Waals surface area (Å²) in [4.78, 5) is 27.5. The van der Waals surface area contributed by atoms with Crippen molar-refractivity contribution in [3.63, 3.8) is 0 Å². The van der Waals surface area contributed by atoms with E-state index >= 15 is 0 Å². The van der Waals surface area contributed by atoms with Gasteiger partial charge in [0.25, 0.3) is 5.91 Å². The summed E-state index contributed by atoms with van der Waals surface area (Å²) in [5.41, 5.74) is 1.49. The fraction of sp³-hybridized carbons (Fsp3) is 0.417. The number of benzene rings is 2. The van der Waals surface area contributed by atoms with Crippen LogP contribution < -0.4 is 5.32 Å². The average molecular weight is 447 g/mol. The number of hydrogen-bond acceptors (Lipinski definition) is 3. The van der Waals surface area contributed by atoms with Gasteiger partial charge in [0.1, 0.15) is 11.9 Å². The van der Waals surface area contributed by atoms with Crippen LogP contribution in [-0.4, -0.2) is 41.0 Å². The molecular weight excluding hydrogens is 419 g/mol. The molecule has 1 heterocycles. The molecule has 1 aliphatic heterocycles. The Morgan fingerprint density at radius 2 is 1.65 bits per heavy atom. The molecule has 0 aliphatic carbocycles. The van der Waals surface area contributed by atoms with Crippen LogP contribution in [0.4, 0.5) is 4.39 Å². The zero-order valence-corrected chi connectivity index (χ0v) is 18.5. The van der Waals surface area contributed by atoms with Crippen molar-refractivity contribution in [2.24, 2.45) is 5.92 Å². The first-order valence-corrected chi connectivity index (χ1v) is 10.9. The first-order valence-electron chi connectivity index (χ1n) is 10.5. The lowest BCUT2D eigenvalue weighted by molar-refractivity contribution is -0.141. The predicted octanol–water partition coefficient (Wildman–Crippen LogP) is 4.06. The number of carbonyl (C=O) groups excluding carboxylic acids is 2. The molecule has 5 nitrogen and oxygen atoms in total. The van der Waals surface area contributed by atoms with Crippen LogP contribution in [0.5, 0.6) is 0 Å². The minimum absolute atomic E-state index is 0.147. The number of amides is 2. The van der Waals surface area contributed by atoms with Crippen molar-refractivity contribution in [2.75, 3.05) is 13.1 Å². The van der Waals surface area contributed by atoms with Gasteiger partial charge in [0.2, 0.25) is 5.91 Å². The quantitative estimate of drug-likeness (QED) is 0.703. The highest BCUT2D eigenvalue weighted by molar-refractivity contribution is 6.30. The van der Waals surface area contributed by atoms with E-state index in [1.807, 2.05) is 38.1 Å². The Balaban J connectivity index is 1.60. The lowest BCUT2D eigenvalue weighted by Crippen LogP contribution is -2.53. The van der Waals surface area contributed by atoms with Crippen molar-refractivity contribution in [1.29, 1.82) is 0 Å². The van der Waals surface area contributed by atoms with Crippen molar-refractivity contribution in [2.45, 2.75) is 44.8 Å². The van der Waals surface area contributed by atoms with Crippen LogP contribution in [0.1, 0.15) is 49.8 Å². The largest absolute Gasteiger partial charge is 0.378 e. The third-order valence-electron chi connectivity index (χ3n) is 5.81. The van der Waals surface area contributed by atoms with E-state index in [1.165, 1.54) is 29.8 Å². The third kappa shape index (κ3) is 5.83. The second-order valence-electron chi connectivity index (χ2n) is 8.34. The summed E-state index contributed by atoms with van der Waals surface area (Å²) >= 11 is 5.97. The van der Waals surface area contributed by atoms with E-state index in [9.17, 15) is 19.1 Å². The molecule has 2 aromatic carbocycles. The molecule has 2 atom stereocenters. The first-order chi connectivity index (χ1) is 14.8. The average Bonchev–Trinajstić information content (AvgIpc) is 2.77. The molecule has 31 heavy (non-hydrogen) atoms. The molecule has 1 saturated heterocycles. The molecule has 2 amide bonds. The van der Waals surface area contributed by atoms with Gasteiger partial charge < -0.3 is 15.3 Å². The molecule has 2 N–H and O–H groups in total. The van der Waals surface area contributed by atoms with Crippen LogP contribution >= 0.6 is 11.6 Å².